The minimum atomic E-state index is -0.480. The third-order valence-corrected chi connectivity index (χ3v) is 1.01. The maximum absolute atomic E-state index is 9.06. The molecule has 0 aromatic heterocycles. The zero-order valence-electron chi connectivity index (χ0n) is 6.02. The quantitative estimate of drug-likeness (QED) is 0.522. The molecule has 1 unspecified atom stereocenters. The van der Waals surface area contributed by atoms with Gasteiger partial charge in [0.25, 0.3) is 0 Å². The normalized spacial score (nSPS) is 12.6. The van der Waals surface area contributed by atoms with Gasteiger partial charge in [0.05, 0.1) is 0 Å². The van der Waals surface area contributed by atoms with Gasteiger partial charge < -0.3 is 5.11 Å². The van der Waals surface area contributed by atoms with Crippen molar-refractivity contribution in [3.05, 3.63) is 6.92 Å². The Morgan fingerprint density at radius 1 is 1.56 bits per heavy atom. The van der Waals surface area contributed by atoms with Crippen LogP contribution >= 0.6 is 0 Å². The van der Waals surface area contributed by atoms with Crippen molar-refractivity contribution in [2.75, 3.05) is 0 Å². The Balaban J connectivity index is 3.61. The maximum Gasteiger partial charge on any atom is 0.117 e. The standard InChI is InChI=1S/C8H13O/c1-4-5-6-8(9)7(2)3/h7-9H,1,4H2,2-3H3. The topological polar surface area (TPSA) is 20.2 Å². The van der Waals surface area contributed by atoms with Crippen molar-refractivity contribution < 1.29 is 5.11 Å². The summed E-state index contributed by atoms with van der Waals surface area (Å²) < 4.78 is 0. The van der Waals surface area contributed by atoms with Crippen molar-refractivity contribution in [1.82, 2.24) is 0 Å². The van der Waals surface area contributed by atoms with E-state index in [9.17, 15) is 0 Å². The summed E-state index contributed by atoms with van der Waals surface area (Å²) in [6.07, 6.45) is 0.0933. The van der Waals surface area contributed by atoms with Gasteiger partial charge in [-0.1, -0.05) is 19.8 Å². The first-order valence-electron chi connectivity index (χ1n) is 3.14. The molecule has 1 N–H and O–H groups in total. The Kier molecular flexibility index (Phi) is 4.17. The van der Waals surface area contributed by atoms with E-state index in [1.807, 2.05) is 13.8 Å². The molecule has 0 saturated heterocycles. The second-order valence-corrected chi connectivity index (χ2v) is 2.26. The molecule has 0 aliphatic heterocycles. The van der Waals surface area contributed by atoms with Crippen molar-refractivity contribution in [2.45, 2.75) is 26.4 Å². The van der Waals surface area contributed by atoms with Gasteiger partial charge in [-0.05, 0) is 12.8 Å². The van der Waals surface area contributed by atoms with Crippen LogP contribution < -0.4 is 0 Å². The highest BCUT2D eigenvalue weighted by molar-refractivity contribution is 5.05. The Hall–Kier alpha value is -0.480. The zero-order valence-corrected chi connectivity index (χ0v) is 6.02. The lowest BCUT2D eigenvalue weighted by Gasteiger charge is -2.04. The molecule has 0 aliphatic rings. The van der Waals surface area contributed by atoms with Crippen molar-refractivity contribution in [1.29, 1.82) is 0 Å². The molecule has 0 heterocycles. The lowest BCUT2D eigenvalue weighted by atomic mass is 10.1. The summed E-state index contributed by atoms with van der Waals surface area (Å²) >= 11 is 0. The highest BCUT2D eigenvalue weighted by atomic mass is 16.3. The van der Waals surface area contributed by atoms with Crippen molar-refractivity contribution in [3.63, 3.8) is 0 Å². The number of hydrogen-bond acceptors (Lipinski definition) is 1. The van der Waals surface area contributed by atoms with E-state index in [1.165, 1.54) is 0 Å². The minimum Gasteiger partial charge on any atom is -0.380 e. The summed E-state index contributed by atoms with van der Waals surface area (Å²) in [4.78, 5) is 0. The van der Waals surface area contributed by atoms with Gasteiger partial charge in [-0.25, -0.2) is 0 Å². The molecule has 1 radical (unpaired) electrons. The summed E-state index contributed by atoms with van der Waals surface area (Å²) in [7, 11) is 0. The second kappa shape index (κ2) is 4.40. The van der Waals surface area contributed by atoms with E-state index in [-0.39, 0.29) is 5.92 Å². The fourth-order valence-corrected chi connectivity index (χ4v) is 0.343. The fraction of sp³-hybridized carbons (Fsp3) is 0.625. The van der Waals surface area contributed by atoms with Crippen molar-refractivity contribution in [3.8, 4) is 11.8 Å². The average molecular weight is 125 g/mol. The molecule has 0 fully saturated rings. The molecule has 0 rings (SSSR count). The Bertz CT molecular complexity index is 116. The van der Waals surface area contributed by atoms with Crippen molar-refractivity contribution in [2.24, 2.45) is 5.92 Å². The zero-order chi connectivity index (χ0) is 7.28. The number of hydrogen-bond donors (Lipinski definition) is 1. The summed E-state index contributed by atoms with van der Waals surface area (Å²) in [5.41, 5.74) is 0. The minimum absolute atomic E-state index is 0.226. The maximum atomic E-state index is 9.06. The van der Waals surface area contributed by atoms with Crippen LogP contribution in [0.15, 0.2) is 0 Å². The van der Waals surface area contributed by atoms with Gasteiger partial charge in [0.2, 0.25) is 0 Å². The van der Waals surface area contributed by atoms with Crippen LogP contribution in [0.2, 0.25) is 0 Å². The Morgan fingerprint density at radius 3 is 2.44 bits per heavy atom. The number of aliphatic hydroxyl groups is 1. The van der Waals surface area contributed by atoms with Crippen LogP contribution in [0.25, 0.3) is 0 Å². The first kappa shape index (κ1) is 8.52. The SMILES string of the molecule is [CH2]CC#CC(O)C(C)C. The van der Waals surface area contributed by atoms with E-state index in [0.29, 0.717) is 6.42 Å². The Labute approximate surface area is 57.1 Å². The van der Waals surface area contributed by atoms with Crippen molar-refractivity contribution >= 4 is 0 Å². The van der Waals surface area contributed by atoms with E-state index in [4.69, 9.17) is 5.11 Å². The van der Waals surface area contributed by atoms with Gasteiger partial charge in [-0.2, -0.15) is 0 Å². The van der Waals surface area contributed by atoms with Gasteiger partial charge >= 0.3 is 0 Å². The third kappa shape index (κ3) is 4.05. The van der Waals surface area contributed by atoms with Crippen LogP contribution in [0.1, 0.15) is 20.3 Å². The highest BCUT2D eigenvalue weighted by Crippen LogP contribution is 1.97. The molecule has 0 amide bonds. The Morgan fingerprint density at radius 2 is 2.11 bits per heavy atom. The predicted octanol–water partition coefficient (Wildman–Crippen LogP) is 1.23. The van der Waals surface area contributed by atoms with E-state index in [2.05, 4.69) is 18.8 Å². The van der Waals surface area contributed by atoms with Gasteiger partial charge in [0.15, 0.2) is 0 Å². The highest BCUT2D eigenvalue weighted by Gasteiger charge is 2.02. The fourth-order valence-electron chi connectivity index (χ4n) is 0.343. The smallest absolute Gasteiger partial charge is 0.117 e. The molecule has 0 saturated carbocycles. The van der Waals surface area contributed by atoms with Crippen LogP contribution in [-0.4, -0.2) is 11.2 Å². The van der Waals surface area contributed by atoms with Crippen LogP contribution in [0.5, 0.6) is 0 Å². The first-order chi connectivity index (χ1) is 4.18. The molecule has 9 heavy (non-hydrogen) atoms. The molecule has 0 bridgehead atoms. The monoisotopic (exact) mass is 125 g/mol. The van der Waals surface area contributed by atoms with Crippen LogP contribution in [0.4, 0.5) is 0 Å². The van der Waals surface area contributed by atoms with Gasteiger partial charge in [-0.15, -0.1) is 5.92 Å². The van der Waals surface area contributed by atoms with E-state index < -0.39 is 6.10 Å². The molecule has 51 valence electrons. The van der Waals surface area contributed by atoms with Crippen LogP contribution in [0.3, 0.4) is 0 Å². The number of aliphatic hydroxyl groups excluding tert-OH is 1. The molecule has 1 nitrogen and oxygen atoms in total. The average Bonchev–Trinajstić information content (AvgIpc) is 1.82. The largest absolute Gasteiger partial charge is 0.380 e. The van der Waals surface area contributed by atoms with Gasteiger partial charge in [0, 0.05) is 6.42 Å². The molecular formula is C8H13O. The summed E-state index contributed by atoms with van der Waals surface area (Å²) in [5, 5.41) is 9.06. The predicted molar refractivity (Wildman–Crippen MR) is 38.6 cm³/mol. The lowest BCUT2D eigenvalue weighted by Crippen LogP contribution is -2.10. The molecule has 1 heteroatoms. The molecule has 0 spiro atoms. The molecule has 1 atom stereocenters. The molecule has 0 aromatic carbocycles. The van der Waals surface area contributed by atoms with Gasteiger partial charge in [-0.3, -0.25) is 0 Å². The van der Waals surface area contributed by atoms with Crippen LogP contribution in [-0.2, 0) is 0 Å². The summed E-state index contributed by atoms with van der Waals surface area (Å²) in [5.74, 6) is 5.62. The summed E-state index contributed by atoms with van der Waals surface area (Å²) in [6.45, 7) is 7.40. The molecule has 0 aliphatic carbocycles. The number of rotatable bonds is 1. The van der Waals surface area contributed by atoms with E-state index >= 15 is 0 Å². The van der Waals surface area contributed by atoms with Gasteiger partial charge in [0.1, 0.15) is 6.10 Å². The molecule has 0 aromatic rings. The van der Waals surface area contributed by atoms with E-state index in [1.54, 1.807) is 0 Å². The van der Waals surface area contributed by atoms with Crippen LogP contribution in [0, 0.1) is 24.7 Å². The first-order valence-corrected chi connectivity index (χ1v) is 3.14. The second-order valence-electron chi connectivity index (χ2n) is 2.26. The van der Waals surface area contributed by atoms with E-state index in [0.717, 1.165) is 0 Å². The third-order valence-electron chi connectivity index (χ3n) is 1.01. The molecular weight excluding hydrogens is 112 g/mol. The summed E-state index contributed by atoms with van der Waals surface area (Å²) in [6, 6.07) is 0. The lowest BCUT2D eigenvalue weighted by molar-refractivity contribution is 0.181.